The van der Waals surface area contributed by atoms with Crippen LogP contribution >= 0.6 is 0 Å². The quantitative estimate of drug-likeness (QED) is 0.291. The van der Waals surface area contributed by atoms with E-state index in [1.807, 2.05) is 0 Å². The number of alkyl halides is 2. The maximum atomic E-state index is 13.7. The zero-order valence-electron chi connectivity index (χ0n) is 19.6. The van der Waals surface area contributed by atoms with Crippen LogP contribution in [0.5, 0.6) is 0 Å². The minimum Gasteiger partial charge on any atom is -0.421 e. The van der Waals surface area contributed by atoms with Crippen LogP contribution < -0.4 is 0 Å². The van der Waals surface area contributed by atoms with Crippen LogP contribution in [0.1, 0.15) is 44.5 Å². The molecule has 1 aromatic carbocycles. The van der Waals surface area contributed by atoms with Crippen molar-refractivity contribution in [2.45, 2.75) is 58.5 Å². The number of nitrogens with zero attached hydrogens (tertiary/aromatic N) is 5. The van der Waals surface area contributed by atoms with Crippen molar-refractivity contribution in [1.82, 2.24) is 25.0 Å². The molecule has 0 aliphatic rings. The van der Waals surface area contributed by atoms with E-state index in [-0.39, 0.29) is 18.2 Å². The molecular formula is C23H26F3N5O2Si. The summed E-state index contributed by atoms with van der Waals surface area (Å²) in [5.41, 5.74) is 1.61. The Balaban J connectivity index is 1.55. The van der Waals surface area contributed by atoms with Crippen molar-refractivity contribution in [3.63, 3.8) is 0 Å². The molecule has 0 saturated heterocycles. The zero-order valence-corrected chi connectivity index (χ0v) is 20.6. The third-order valence-corrected chi connectivity index (χ3v) is 10.7. The van der Waals surface area contributed by atoms with Gasteiger partial charge in [0.25, 0.3) is 6.43 Å². The number of pyridine rings is 1. The Bertz CT molecular complexity index is 1310. The van der Waals surface area contributed by atoms with Crippen LogP contribution in [0, 0.1) is 5.82 Å². The molecule has 0 fully saturated rings. The molecule has 11 heteroatoms. The van der Waals surface area contributed by atoms with E-state index in [0.29, 0.717) is 33.9 Å². The summed E-state index contributed by atoms with van der Waals surface area (Å²) >= 11 is 0. The van der Waals surface area contributed by atoms with Crippen LogP contribution in [-0.4, -0.2) is 33.3 Å². The van der Waals surface area contributed by atoms with Gasteiger partial charge in [0.05, 0.1) is 17.3 Å². The predicted octanol–water partition coefficient (Wildman–Crippen LogP) is 6.13. The maximum Gasteiger partial charge on any atom is 0.266 e. The van der Waals surface area contributed by atoms with Crippen LogP contribution in [-0.2, 0) is 17.6 Å². The molecule has 0 atom stereocenters. The molecule has 0 radical (unpaired) electrons. The van der Waals surface area contributed by atoms with Crippen molar-refractivity contribution < 1.29 is 22.0 Å². The number of halogens is 3. The summed E-state index contributed by atoms with van der Waals surface area (Å²) in [6, 6.07) is 5.37. The van der Waals surface area contributed by atoms with Crippen LogP contribution in [0.25, 0.3) is 22.2 Å². The zero-order chi connectivity index (χ0) is 24.7. The maximum absolute atomic E-state index is 13.7. The second kappa shape index (κ2) is 8.95. The molecule has 0 bridgehead atoms. The fourth-order valence-electron chi connectivity index (χ4n) is 3.13. The summed E-state index contributed by atoms with van der Waals surface area (Å²) < 4.78 is 53.4. The molecule has 180 valence electrons. The minimum absolute atomic E-state index is 0.0646. The predicted molar refractivity (Wildman–Crippen MR) is 123 cm³/mol. The van der Waals surface area contributed by atoms with Gasteiger partial charge < -0.3 is 8.84 Å². The van der Waals surface area contributed by atoms with Crippen LogP contribution in [0.2, 0.25) is 18.1 Å². The third kappa shape index (κ3) is 4.90. The van der Waals surface area contributed by atoms with Gasteiger partial charge in [-0.3, -0.25) is 9.67 Å². The Morgan fingerprint density at radius 2 is 1.79 bits per heavy atom. The molecule has 0 saturated carbocycles. The lowest BCUT2D eigenvalue weighted by Gasteiger charge is -2.35. The molecular weight excluding hydrogens is 463 g/mol. The van der Waals surface area contributed by atoms with E-state index in [1.165, 1.54) is 6.07 Å². The SMILES string of the molecule is CC(C)(C)[Si](C)(C)OCc1nnc(Cn2ncc3ncc(-c4ccc(F)c(C(F)F)c4)cc32)o1. The van der Waals surface area contributed by atoms with Gasteiger partial charge in [0.2, 0.25) is 11.8 Å². The van der Waals surface area contributed by atoms with Gasteiger partial charge in [-0.15, -0.1) is 10.2 Å². The van der Waals surface area contributed by atoms with Crippen molar-refractivity contribution in [1.29, 1.82) is 0 Å². The Morgan fingerprint density at radius 3 is 2.50 bits per heavy atom. The highest BCUT2D eigenvalue weighted by atomic mass is 28.4. The first-order valence-corrected chi connectivity index (χ1v) is 13.7. The molecule has 7 nitrogen and oxygen atoms in total. The Labute approximate surface area is 196 Å². The van der Waals surface area contributed by atoms with Gasteiger partial charge in [-0.05, 0) is 41.9 Å². The summed E-state index contributed by atoms with van der Waals surface area (Å²) in [4.78, 5) is 4.35. The molecule has 0 unspecified atom stereocenters. The van der Waals surface area contributed by atoms with Gasteiger partial charge in [-0.2, -0.15) is 5.10 Å². The Kier molecular flexibility index (Phi) is 6.34. The third-order valence-electron chi connectivity index (χ3n) is 6.22. The highest BCUT2D eigenvalue weighted by molar-refractivity contribution is 6.74. The Morgan fingerprint density at radius 1 is 1.06 bits per heavy atom. The van der Waals surface area contributed by atoms with Crippen LogP contribution in [0.3, 0.4) is 0 Å². The van der Waals surface area contributed by atoms with Crippen molar-refractivity contribution in [2.75, 3.05) is 0 Å². The minimum atomic E-state index is -2.91. The van der Waals surface area contributed by atoms with E-state index in [1.54, 1.807) is 23.1 Å². The smallest absolute Gasteiger partial charge is 0.266 e. The van der Waals surface area contributed by atoms with Gasteiger partial charge in [-0.25, -0.2) is 13.2 Å². The highest BCUT2D eigenvalue weighted by Gasteiger charge is 2.37. The molecule has 0 amide bonds. The van der Waals surface area contributed by atoms with Crippen LogP contribution in [0.15, 0.2) is 41.1 Å². The van der Waals surface area contributed by atoms with E-state index in [0.717, 1.165) is 12.1 Å². The van der Waals surface area contributed by atoms with Gasteiger partial charge in [-0.1, -0.05) is 26.8 Å². The Hall–Kier alpha value is -3.05. The normalized spacial score (nSPS) is 12.7. The molecule has 34 heavy (non-hydrogen) atoms. The van der Waals surface area contributed by atoms with Crippen molar-refractivity contribution in [3.8, 4) is 11.1 Å². The van der Waals surface area contributed by atoms with Crippen molar-refractivity contribution in [3.05, 3.63) is 59.8 Å². The van der Waals surface area contributed by atoms with E-state index in [4.69, 9.17) is 8.84 Å². The number of aromatic nitrogens is 5. The van der Waals surface area contributed by atoms with E-state index in [9.17, 15) is 13.2 Å². The number of hydrogen-bond acceptors (Lipinski definition) is 6. The molecule has 4 rings (SSSR count). The first kappa shape index (κ1) is 24.1. The number of fused-ring (bicyclic) bond motifs is 1. The molecule has 0 N–H and O–H groups in total. The lowest BCUT2D eigenvalue weighted by Crippen LogP contribution is -2.40. The molecule has 4 aromatic rings. The van der Waals surface area contributed by atoms with Crippen LogP contribution in [0.4, 0.5) is 13.2 Å². The van der Waals surface area contributed by atoms with E-state index in [2.05, 4.69) is 54.1 Å². The number of rotatable bonds is 7. The fourth-order valence-corrected chi connectivity index (χ4v) is 4.05. The second-order valence-electron chi connectivity index (χ2n) is 9.61. The largest absolute Gasteiger partial charge is 0.421 e. The second-order valence-corrected chi connectivity index (χ2v) is 14.4. The molecule has 3 heterocycles. The summed E-state index contributed by atoms with van der Waals surface area (Å²) in [6.45, 7) is 11.2. The summed E-state index contributed by atoms with van der Waals surface area (Å²) in [6.07, 6.45) is 0.223. The molecule has 3 aromatic heterocycles. The standard InChI is InChI=1S/C23H26F3N5O2Si/c1-23(2,3)34(4,5)32-13-21-30-29-20(33-21)12-31-19-9-15(10-27-18(19)11-28-31)14-6-7-17(24)16(8-14)22(25)26/h6-11,22H,12-13H2,1-5H3. The van der Waals surface area contributed by atoms with Gasteiger partial charge in [0, 0.05) is 11.8 Å². The summed E-state index contributed by atoms with van der Waals surface area (Å²) in [7, 11) is -1.96. The monoisotopic (exact) mass is 489 g/mol. The summed E-state index contributed by atoms with van der Waals surface area (Å²) in [5, 5.41) is 12.6. The van der Waals surface area contributed by atoms with Crippen molar-refractivity contribution >= 4 is 19.4 Å². The number of hydrogen-bond donors (Lipinski definition) is 0. The average molecular weight is 490 g/mol. The van der Waals surface area contributed by atoms with E-state index < -0.39 is 26.1 Å². The van der Waals surface area contributed by atoms with Gasteiger partial charge in [0.1, 0.15) is 24.5 Å². The van der Waals surface area contributed by atoms with Crippen molar-refractivity contribution in [2.24, 2.45) is 0 Å². The number of benzene rings is 1. The lowest BCUT2D eigenvalue weighted by atomic mass is 10.0. The van der Waals surface area contributed by atoms with Gasteiger partial charge in [0.15, 0.2) is 8.32 Å². The average Bonchev–Trinajstić information content (AvgIpc) is 3.38. The van der Waals surface area contributed by atoms with Gasteiger partial charge >= 0.3 is 0 Å². The molecule has 0 aliphatic heterocycles. The summed E-state index contributed by atoms with van der Waals surface area (Å²) in [5.74, 6) is -0.200. The van der Waals surface area contributed by atoms with E-state index >= 15 is 0 Å². The molecule has 0 aliphatic carbocycles. The fraction of sp³-hybridized carbons (Fsp3) is 0.391. The highest BCUT2D eigenvalue weighted by Crippen LogP contribution is 2.37. The topological polar surface area (TPSA) is 78.9 Å². The molecule has 0 spiro atoms. The first-order valence-electron chi connectivity index (χ1n) is 10.8. The lowest BCUT2D eigenvalue weighted by molar-refractivity contribution is 0.146. The first-order chi connectivity index (χ1) is 15.9.